The van der Waals surface area contributed by atoms with Gasteiger partial charge in [-0.1, -0.05) is 27.7 Å². The van der Waals surface area contributed by atoms with Crippen molar-refractivity contribution in [2.45, 2.75) is 53.7 Å². The zero-order chi connectivity index (χ0) is 11.3. The average Bonchev–Trinajstić information content (AvgIpc) is 2.02. The molecule has 0 bridgehead atoms. The molecule has 2 nitrogen and oxygen atoms in total. The van der Waals surface area contributed by atoms with Gasteiger partial charge in [-0.25, -0.2) is 0 Å². The van der Waals surface area contributed by atoms with Gasteiger partial charge in [-0.3, -0.25) is 0 Å². The van der Waals surface area contributed by atoms with Crippen LogP contribution in [0.4, 0.5) is 0 Å². The third kappa shape index (κ3) is 4.97. The number of rotatable bonds is 6. The second-order valence-corrected chi connectivity index (χ2v) is 5.09. The maximum atomic E-state index is 9.35. The lowest BCUT2D eigenvalue weighted by Gasteiger charge is -2.27. The fourth-order valence-corrected chi connectivity index (χ4v) is 1.73. The number of aliphatic hydroxyl groups is 1. The van der Waals surface area contributed by atoms with E-state index in [4.69, 9.17) is 0 Å². The van der Waals surface area contributed by atoms with Crippen LogP contribution in [0.5, 0.6) is 0 Å². The third-order valence-electron chi connectivity index (χ3n) is 3.11. The normalized spacial score (nSPS) is 16.7. The van der Waals surface area contributed by atoms with Gasteiger partial charge in [-0.15, -0.1) is 0 Å². The van der Waals surface area contributed by atoms with Gasteiger partial charge in [-0.05, 0) is 38.1 Å². The van der Waals surface area contributed by atoms with Crippen LogP contribution >= 0.6 is 0 Å². The number of aliphatic hydroxyl groups excluding tert-OH is 1. The van der Waals surface area contributed by atoms with Crippen LogP contribution in [0, 0.1) is 17.8 Å². The van der Waals surface area contributed by atoms with Crippen LogP contribution in [0.15, 0.2) is 0 Å². The van der Waals surface area contributed by atoms with E-state index in [0.717, 1.165) is 6.54 Å². The first kappa shape index (κ1) is 13.9. The summed E-state index contributed by atoms with van der Waals surface area (Å²) in [5.41, 5.74) is 0. The summed E-state index contributed by atoms with van der Waals surface area (Å²) < 4.78 is 0. The molecular formula is C12H27NO. The first-order valence-electron chi connectivity index (χ1n) is 5.77. The lowest BCUT2D eigenvalue weighted by Crippen LogP contribution is -2.40. The molecule has 0 saturated heterocycles. The van der Waals surface area contributed by atoms with E-state index in [1.54, 1.807) is 0 Å². The van der Waals surface area contributed by atoms with Crippen molar-refractivity contribution >= 4 is 0 Å². The van der Waals surface area contributed by atoms with Crippen molar-refractivity contribution in [2.75, 3.05) is 6.54 Å². The van der Waals surface area contributed by atoms with Crippen LogP contribution in [-0.2, 0) is 0 Å². The second kappa shape index (κ2) is 6.41. The summed E-state index contributed by atoms with van der Waals surface area (Å²) in [6.45, 7) is 13.9. The topological polar surface area (TPSA) is 32.3 Å². The molecule has 0 aromatic heterocycles. The SMILES string of the molecule is CC(C)C(CNC(C)C(C)O)C(C)C. The van der Waals surface area contributed by atoms with E-state index in [2.05, 4.69) is 33.0 Å². The summed E-state index contributed by atoms with van der Waals surface area (Å²) in [6.07, 6.45) is -0.269. The molecule has 0 aliphatic heterocycles. The Balaban J connectivity index is 3.94. The molecule has 2 atom stereocenters. The summed E-state index contributed by atoms with van der Waals surface area (Å²) in [6, 6.07) is 0.190. The van der Waals surface area contributed by atoms with Gasteiger partial charge >= 0.3 is 0 Å². The van der Waals surface area contributed by atoms with E-state index in [-0.39, 0.29) is 12.1 Å². The Bertz CT molecular complexity index is 135. The maximum absolute atomic E-state index is 9.35. The molecule has 0 radical (unpaired) electrons. The van der Waals surface area contributed by atoms with Crippen molar-refractivity contribution in [2.24, 2.45) is 17.8 Å². The molecule has 14 heavy (non-hydrogen) atoms. The van der Waals surface area contributed by atoms with Gasteiger partial charge in [-0.2, -0.15) is 0 Å². The molecule has 0 aliphatic rings. The van der Waals surface area contributed by atoms with Gasteiger partial charge in [0.25, 0.3) is 0 Å². The fourth-order valence-electron chi connectivity index (χ4n) is 1.73. The molecule has 2 heteroatoms. The summed E-state index contributed by atoms with van der Waals surface area (Å²) in [7, 11) is 0. The molecule has 0 heterocycles. The van der Waals surface area contributed by atoms with Crippen LogP contribution in [0.1, 0.15) is 41.5 Å². The van der Waals surface area contributed by atoms with Crippen molar-refractivity contribution < 1.29 is 5.11 Å². The van der Waals surface area contributed by atoms with Gasteiger partial charge in [0.2, 0.25) is 0 Å². The molecule has 0 aliphatic carbocycles. The summed E-state index contributed by atoms with van der Waals surface area (Å²) >= 11 is 0. The highest BCUT2D eigenvalue weighted by molar-refractivity contribution is 4.73. The molecule has 2 unspecified atom stereocenters. The predicted octanol–water partition coefficient (Wildman–Crippen LogP) is 2.27. The van der Waals surface area contributed by atoms with Crippen molar-refractivity contribution in [1.82, 2.24) is 5.32 Å². The van der Waals surface area contributed by atoms with Crippen molar-refractivity contribution in [3.63, 3.8) is 0 Å². The highest BCUT2D eigenvalue weighted by Crippen LogP contribution is 2.19. The molecule has 0 amide bonds. The standard InChI is InChI=1S/C12H27NO/c1-8(2)12(9(3)4)7-13-10(5)11(6)14/h8-14H,7H2,1-6H3. The van der Waals surface area contributed by atoms with Crippen LogP contribution in [0.2, 0.25) is 0 Å². The monoisotopic (exact) mass is 201 g/mol. The lowest BCUT2D eigenvalue weighted by atomic mass is 9.85. The number of hydrogen-bond donors (Lipinski definition) is 2. The minimum atomic E-state index is -0.269. The Kier molecular flexibility index (Phi) is 6.38. The van der Waals surface area contributed by atoms with Crippen LogP contribution in [-0.4, -0.2) is 23.8 Å². The number of nitrogens with one attached hydrogen (secondary N) is 1. The van der Waals surface area contributed by atoms with Crippen molar-refractivity contribution in [3.8, 4) is 0 Å². The van der Waals surface area contributed by atoms with Crippen LogP contribution in [0.3, 0.4) is 0 Å². The maximum Gasteiger partial charge on any atom is 0.0662 e. The van der Waals surface area contributed by atoms with Gasteiger partial charge < -0.3 is 10.4 Å². The summed E-state index contributed by atoms with van der Waals surface area (Å²) in [5, 5.41) is 12.7. The molecule has 2 N–H and O–H groups in total. The minimum Gasteiger partial charge on any atom is -0.392 e. The van der Waals surface area contributed by atoms with E-state index >= 15 is 0 Å². The van der Waals surface area contributed by atoms with Gasteiger partial charge in [0.15, 0.2) is 0 Å². The Morgan fingerprint density at radius 1 is 0.929 bits per heavy atom. The average molecular weight is 201 g/mol. The Morgan fingerprint density at radius 3 is 1.64 bits per heavy atom. The third-order valence-corrected chi connectivity index (χ3v) is 3.11. The quantitative estimate of drug-likeness (QED) is 0.691. The second-order valence-electron chi connectivity index (χ2n) is 5.09. The Hall–Kier alpha value is -0.0800. The Labute approximate surface area is 89.1 Å². The first-order valence-corrected chi connectivity index (χ1v) is 5.77. The molecule has 0 fully saturated rings. The van der Waals surface area contributed by atoms with E-state index < -0.39 is 0 Å². The summed E-state index contributed by atoms with van der Waals surface area (Å²) in [5.74, 6) is 2.09. The van der Waals surface area contributed by atoms with Gasteiger partial charge in [0, 0.05) is 6.04 Å². The largest absolute Gasteiger partial charge is 0.392 e. The highest BCUT2D eigenvalue weighted by atomic mass is 16.3. The zero-order valence-electron chi connectivity index (χ0n) is 10.5. The molecular weight excluding hydrogens is 174 g/mol. The molecule has 0 saturated carbocycles. The molecule has 0 aromatic carbocycles. The minimum absolute atomic E-state index is 0.190. The molecule has 0 aromatic rings. The number of hydrogen-bond acceptors (Lipinski definition) is 2. The highest BCUT2D eigenvalue weighted by Gasteiger charge is 2.18. The summed E-state index contributed by atoms with van der Waals surface area (Å²) in [4.78, 5) is 0. The van der Waals surface area contributed by atoms with E-state index in [1.165, 1.54) is 0 Å². The van der Waals surface area contributed by atoms with E-state index in [1.807, 2.05) is 13.8 Å². The Morgan fingerprint density at radius 2 is 1.36 bits per heavy atom. The zero-order valence-corrected chi connectivity index (χ0v) is 10.5. The van der Waals surface area contributed by atoms with Crippen LogP contribution < -0.4 is 5.32 Å². The molecule has 86 valence electrons. The van der Waals surface area contributed by atoms with E-state index in [0.29, 0.717) is 17.8 Å². The molecule has 0 rings (SSSR count). The van der Waals surface area contributed by atoms with Crippen molar-refractivity contribution in [3.05, 3.63) is 0 Å². The molecule has 0 spiro atoms. The fraction of sp³-hybridized carbons (Fsp3) is 1.00. The van der Waals surface area contributed by atoms with Gasteiger partial charge in [0.1, 0.15) is 0 Å². The van der Waals surface area contributed by atoms with Crippen molar-refractivity contribution in [1.29, 1.82) is 0 Å². The van der Waals surface area contributed by atoms with Gasteiger partial charge in [0.05, 0.1) is 6.10 Å². The predicted molar refractivity (Wildman–Crippen MR) is 62.3 cm³/mol. The first-order chi connectivity index (χ1) is 6.36. The lowest BCUT2D eigenvalue weighted by molar-refractivity contribution is 0.143. The van der Waals surface area contributed by atoms with E-state index in [9.17, 15) is 5.11 Å². The smallest absolute Gasteiger partial charge is 0.0662 e. The van der Waals surface area contributed by atoms with Crippen LogP contribution in [0.25, 0.3) is 0 Å².